The third-order valence-electron chi connectivity index (χ3n) is 5.49. The zero-order chi connectivity index (χ0) is 19.7. The molecule has 1 N–H and O–H groups in total. The van der Waals surface area contributed by atoms with Gasteiger partial charge in [-0.15, -0.1) is 11.3 Å². The summed E-state index contributed by atoms with van der Waals surface area (Å²) in [5.41, 5.74) is 2.32. The lowest BCUT2D eigenvalue weighted by Gasteiger charge is -2.32. The van der Waals surface area contributed by atoms with E-state index < -0.39 is 0 Å². The average Bonchev–Trinajstić information content (AvgIpc) is 3.01. The van der Waals surface area contributed by atoms with Crippen molar-refractivity contribution in [3.8, 4) is 0 Å². The Kier molecular flexibility index (Phi) is 5.51. The average molecular weight is 415 g/mol. The molecule has 1 aliphatic rings. The Morgan fingerprint density at radius 2 is 1.93 bits per heavy atom. The number of thiophene rings is 1. The van der Waals surface area contributed by atoms with E-state index in [2.05, 4.69) is 34.0 Å². The molecule has 7 heteroatoms. The number of carbonyl (C=O) groups excluding carboxylic acids is 1. The number of aryl methyl sites for hydroxylation is 2. The summed E-state index contributed by atoms with van der Waals surface area (Å²) in [6, 6.07) is 7.57. The van der Waals surface area contributed by atoms with Crippen LogP contribution in [0.3, 0.4) is 0 Å². The van der Waals surface area contributed by atoms with Crippen molar-refractivity contribution >= 4 is 44.9 Å². The summed E-state index contributed by atoms with van der Waals surface area (Å²) in [6.07, 6.45) is 3.32. The van der Waals surface area contributed by atoms with Crippen LogP contribution in [-0.4, -0.2) is 29.0 Å². The van der Waals surface area contributed by atoms with Gasteiger partial charge in [-0.2, -0.15) is 0 Å². The van der Waals surface area contributed by atoms with Gasteiger partial charge in [0, 0.05) is 35.5 Å². The molecular weight excluding hydrogens is 392 g/mol. The topological polar surface area (TPSA) is 58.1 Å². The minimum Gasteiger partial charge on any atom is -0.356 e. The SMILES string of the molecule is Cc1sc2ncnc(N3CCC(C(=O)NCc4ccc(Cl)cc4)CC3)c2c1C. The van der Waals surface area contributed by atoms with E-state index in [1.807, 2.05) is 24.3 Å². The number of hydrogen-bond acceptors (Lipinski definition) is 5. The van der Waals surface area contributed by atoms with Crippen LogP contribution in [-0.2, 0) is 11.3 Å². The fourth-order valence-electron chi connectivity index (χ4n) is 3.69. The highest BCUT2D eigenvalue weighted by Crippen LogP contribution is 2.35. The Balaban J connectivity index is 1.38. The second-order valence-corrected chi connectivity index (χ2v) is 8.91. The van der Waals surface area contributed by atoms with Crippen LogP contribution >= 0.6 is 22.9 Å². The molecule has 2 aromatic heterocycles. The number of carbonyl (C=O) groups is 1. The minimum absolute atomic E-state index is 0.0474. The van der Waals surface area contributed by atoms with E-state index in [1.165, 1.54) is 10.4 Å². The van der Waals surface area contributed by atoms with Crippen LogP contribution in [0.2, 0.25) is 5.02 Å². The van der Waals surface area contributed by atoms with Gasteiger partial charge in [-0.3, -0.25) is 4.79 Å². The molecule has 4 rings (SSSR count). The van der Waals surface area contributed by atoms with Gasteiger partial charge in [-0.05, 0) is 49.9 Å². The van der Waals surface area contributed by atoms with Crippen molar-refractivity contribution in [2.45, 2.75) is 33.2 Å². The number of aromatic nitrogens is 2. The third-order valence-corrected chi connectivity index (χ3v) is 6.86. The zero-order valence-corrected chi connectivity index (χ0v) is 17.6. The highest BCUT2D eigenvalue weighted by atomic mass is 35.5. The van der Waals surface area contributed by atoms with E-state index in [9.17, 15) is 4.79 Å². The highest BCUT2D eigenvalue weighted by molar-refractivity contribution is 7.18. The molecule has 0 atom stereocenters. The lowest BCUT2D eigenvalue weighted by molar-refractivity contribution is -0.125. The molecule has 5 nitrogen and oxygen atoms in total. The first-order chi connectivity index (χ1) is 13.5. The molecule has 0 unspecified atom stereocenters. The Morgan fingerprint density at radius 3 is 2.64 bits per heavy atom. The van der Waals surface area contributed by atoms with Gasteiger partial charge in [0.05, 0.1) is 5.39 Å². The van der Waals surface area contributed by atoms with Gasteiger partial charge in [0.2, 0.25) is 5.91 Å². The van der Waals surface area contributed by atoms with Gasteiger partial charge in [0.1, 0.15) is 17.0 Å². The number of nitrogens with zero attached hydrogens (tertiary/aromatic N) is 3. The van der Waals surface area contributed by atoms with Crippen LogP contribution in [0.25, 0.3) is 10.2 Å². The van der Waals surface area contributed by atoms with Gasteiger partial charge >= 0.3 is 0 Å². The number of rotatable bonds is 4. The molecule has 1 saturated heterocycles. The van der Waals surface area contributed by atoms with Crippen LogP contribution in [0, 0.1) is 19.8 Å². The first-order valence-corrected chi connectivity index (χ1v) is 10.7. The molecular formula is C21H23ClN4OS. The molecule has 1 fully saturated rings. The van der Waals surface area contributed by atoms with E-state index >= 15 is 0 Å². The van der Waals surface area contributed by atoms with Crippen LogP contribution in [0.5, 0.6) is 0 Å². The predicted molar refractivity (Wildman–Crippen MR) is 115 cm³/mol. The highest BCUT2D eigenvalue weighted by Gasteiger charge is 2.27. The summed E-state index contributed by atoms with van der Waals surface area (Å²) < 4.78 is 0. The number of hydrogen-bond donors (Lipinski definition) is 1. The number of amides is 1. The monoisotopic (exact) mass is 414 g/mol. The first kappa shape index (κ1) is 19.2. The largest absolute Gasteiger partial charge is 0.356 e. The van der Waals surface area contributed by atoms with Crippen molar-refractivity contribution in [2.24, 2.45) is 5.92 Å². The Morgan fingerprint density at radius 1 is 1.21 bits per heavy atom. The van der Waals surface area contributed by atoms with E-state index in [4.69, 9.17) is 11.6 Å². The number of piperidine rings is 1. The summed E-state index contributed by atoms with van der Waals surface area (Å²) >= 11 is 7.62. The first-order valence-electron chi connectivity index (χ1n) is 9.50. The minimum atomic E-state index is 0.0474. The second kappa shape index (κ2) is 8.05. The second-order valence-electron chi connectivity index (χ2n) is 7.27. The van der Waals surface area contributed by atoms with Crippen molar-refractivity contribution in [3.63, 3.8) is 0 Å². The molecule has 0 bridgehead atoms. The smallest absolute Gasteiger partial charge is 0.223 e. The van der Waals surface area contributed by atoms with E-state index in [1.54, 1.807) is 17.7 Å². The van der Waals surface area contributed by atoms with E-state index in [0.29, 0.717) is 11.6 Å². The van der Waals surface area contributed by atoms with Gasteiger partial charge in [-0.25, -0.2) is 9.97 Å². The lowest BCUT2D eigenvalue weighted by atomic mass is 9.95. The van der Waals surface area contributed by atoms with E-state index in [-0.39, 0.29) is 11.8 Å². The Bertz CT molecular complexity index is 994. The molecule has 3 aromatic rings. The normalized spacial score (nSPS) is 15.2. The molecule has 0 aliphatic carbocycles. The fourth-order valence-corrected chi connectivity index (χ4v) is 4.81. The van der Waals surface area contributed by atoms with Gasteiger partial charge in [-0.1, -0.05) is 23.7 Å². The Hall–Kier alpha value is -2.18. The summed E-state index contributed by atoms with van der Waals surface area (Å²) in [4.78, 5) is 26.2. The van der Waals surface area contributed by atoms with Crippen molar-refractivity contribution < 1.29 is 4.79 Å². The molecule has 3 heterocycles. The quantitative estimate of drug-likeness (QED) is 0.683. The number of nitrogens with one attached hydrogen (secondary N) is 1. The molecule has 28 heavy (non-hydrogen) atoms. The number of halogens is 1. The summed E-state index contributed by atoms with van der Waals surface area (Å²) in [5.74, 6) is 1.18. The zero-order valence-electron chi connectivity index (χ0n) is 16.0. The molecule has 0 radical (unpaired) electrons. The molecule has 1 amide bonds. The molecule has 0 spiro atoms. The maximum Gasteiger partial charge on any atom is 0.223 e. The van der Waals surface area contributed by atoms with Crippen LogP contribution in [0.4, 0.5) is 5.82 Å². The van der Waals surface area contributed by atoms with Crippen molar-refractivity contribution in [3.05, 3.63) is 51.6 Å². The van der Waals surface area contributed by atoms with Crippen molar-refractivity contribution in [2.75, 3.05) is 18.0 Å². The van der Waals surface area contributed by atoms with Crippen LogP contribution in [0.15, 0.2) is 30.6 Å². The van der Waals surface area contributed by atoms with Crippen molar-refractivity contribution in [1.82, 2.24) is 15.3 Å². The third kappa shape index (κ3) is 3.84. The number of anilines is 1. The number of benzene rings is 1. The summed E-state index contributed by atoms with van der Waals surface area (Å²) in [6.45, 7) is 6.47. The molecule has 1 aliphatic heterocycles. The standard InChI is InChI=1S/C21H23ClN4OS/c1-13-14(2)28-21-18(13)19(24-12-25-21)26-9-7-16(8-10-26)20(27)23-11-15-3-5-17(22)6-4-15/h3-6,12,16H,7-11H2,1-2H3,(H,23,27). The van der Waals surface area contributed by atoms with E-state index in [0.717, 1.165) is 47.5 Å². The summed E-state index contributed by atoms with van der Waals surface area (Å²) in [5, 5.41) is 4.93. The maximum absolute atomic E-state index is 12.6. The maximum atomic E-state index is 12.6. The van der Waals surface area contributed by atoms with Gasteiger partial charge in [0.15, 0.2) is 0 Å². The molecule has 0 saturated carbocycles. The fraction of sp³-hybridized carbons (Fsp3) is 0.381. The molecule has 146 valence electrons. The predicted octanol–water partition coefficient (Wildman–Crippen LogP) is 4.49. The van der Waals surface area contributed by atoms with Crippen molar-refractivity contribution in [1.29, 1.82) is 0 Å². The van der Waals surface area contributed by atoms with Gasteiger partial charge < -0.3 is 10.2 Å². The molecule has 1 aromatic carbocycles. The number of fused-ring (bicyclic) bond motifs is 1. The van der Waals surface area contributed by atoms with Crippen LogP contribution < -0.4 is 10.2 Å². The lowest BCUT2D eigenvalue weighted by Crippen LogP contribution is -2.40. The Labute approximate surface area is 173 Å². The summed E-state index contributed by atoms with van der Waals surface area (Å²) in [7, 11) is 0. The van der Waals surface area contributed by atoms with Gasteiger partial charge in [0.25, 0.3) is 0 Å². The van der Waals surface area contributed by atoms with Crippen LogP contribution in [0.1, 0.15) is 28.8 Å².